The molecule has 3 rings (SSSR count). The van der Waals surface area contributed by atoms with E-state index in [9.17, 15) is 18.7 Å². The molecular weight excluding hydrogens is 294 g/mol. The minimum absolute atomic E-state index is 0.0549. The van der Waals surface area contributed by atoms with Crippen molar-refractivity contribution in [1.29, 1.82) is 0 Å². The molecule has 1 aromatic heterocycles. The summed E-state index contributed by atoms with van der Waals surface area (Å²) in [5.41, 5.74) is -1.48. The maximum absolute atomic E-state index is 14.1. The van der Waals surface area contributed by atoms with Crippen molar-refractivity contribution in [1.82, 2.24) is 10.3 Å². The van der Waals surface area contributed by atoms with E-state index in [1.54, 1.807) is 24.5 Å². The fraction of sp³-hybridized carbons (Fsp3) is 0.600. The monoisotopic (exact) mass is 312 g/mol. The van der Waals surface area contributed by atoms with Crippen molar-refractivity contribution in [3.63, 3.8) is 0 Å². The van der Waals surface area contributed by atoms with Crippen LogP contribution in [0.2, 0.25) is 0 Å². The second-order valence-electron chi connectivity index (χ2n) is 5.91. The van der Waals surface area contributed by atoms with Crippen LogP contribution in [0.4, 0.5) is 8.78 Å². The van der Waals surface area contributed by atoms with Crippen LogP contribution in [0.15, 0.2) is 24.5 Å². The summed E-state index contributed by atoms with van der Waals surface area (Å²) in [5, 5.41) is 12.2. The van der Waals surface area contributed by atoms with Crippen LogP contribution in [0.5, 0.6) is 0 Å². The number of nitrogens with zero attached hydrogens (tertiary/aromatic N) is 1. The van der Waals surface area contributed by atoms with Crippen molar-refractivity contribution >= 4 is 5.91 Å². The van der Waals surface area contributed by atoms with Gasteiger partial charge in [0.05, 0.1) is 6.04 Å². The topological polar surface area (TPSA) is 71.5 Å². The minimum atomic E-state index is -3.78. The van der Waals surface area contributed by atoms with Gasteiger partial charge in [-0.15, -0.1) is 0 Å². The first-order valence-corrected chi connectivity index (χ1v) is 7.37. The first-order chi connectivity index (χ1) is 10.4. The lowest BCUT2D eigenvalue weighted by Crippen LogP contribution is -2.61. The molecule has 0 aromatic carbocycles. The lowest BCUT2D eigenvalue weighted by molar-refractivity contribution is -0.216. The summed E-state index contributed by atoms with van der Waals surface area (Å²) < 4.78 is 33.8. The predicted molar refractivity (Wildman–Crippen MR) is 73.2 cm³/mol. The molecule has 2 atom stereocenters. The number of ether oxygens (including phenoxy) is 1. The molecule has 1 aliphatic heterocycles. The fourth-order valence-electron chi connectivity index (χ4n) is 2.91. The van der Waals surface area contributed by atoms with Crippen LogP contribution in [-0.2, 0) is 9.53 Å². The van der Waals surface area contributed by atoms with Crippen LogP contribution in [0.25, 0.3) is 0 Å². The van der Waals surface area contributed by atoms with E-state index in [2.05, 4.69) is 10.3 Å². The van der Waals surface area contributed by atoms with Crippen molar-refractivity contribution in [2.45, 2.75) is 49.4 Å². The number of hydrogen-bond acceptors (Lipinski definition) is 4. The van der Waals surface area contributed by atoms with Gasteiger partial charge < -0.3 is 15.2 Å². The normalized spacial score (nSPS) is 27.2. The summed E-state index contributed by atoms with van der Waals surface area (Å²) in [7, 11) is 0. The first-order valence-electron chi connectivity index (χ1n) is 7.37. The number of halogens is 2. The van der Waals surface area contributed by atoms with Crippen LogP contribution in [-0.4, -0.2) is 40.2 Å². The van der Waals surface area contributed by atoms with Crippen LogP contribution in [0.3, 0.4) is 0 Å². The number of alkyl halides is 2. The van der Waals surface area contributed by atoms with Crippen molar-refractivity contribution in [3.05, 3.63) is 30.1 Å². The number of aliphatic hydroxyl groups is 1. The Morgan fingerprint density at radius 1 is 1.50 bits per heavy atom. The SMILES string of the molecule is O=C(N[C@H]1CCO[C@@H]1c1cccnc1)C(F)(F)C1(O)CCC1. The molecule has 2 fully saturated rings. The molecule has 120 valence electrons. The molecule has 1 saturated heterocycles. The van der Waals surface area contributed by atoms with Crippen molar-refractivity contribution in [2.75, 3.05) is 6.61 Å². The molecule has 1 aromatic rings. The molecule has 7 heteroatoms. The van der Waals surface area contributed by atoms with Gasteiger partial charge in [0.1, 0.15) is 11.7 Å². The Kier molecular flexibility index (Phi) is 3.86. The van der Waals surface area contributed by atoms with Gasteiger partial charge in [-0.25, -0.2) is 0 Å². The number of carbonyl (C=O) groups excluding carboxylic acids is 1. The van der Waals surface area contributed by atoms with E-state index in [-0.39, 0.29) is 12.8 Å². The van der Waals surface area contributed by atoms with E-state index in [0.29, 0.717) is 19.4 Å². The van der Waals surface area contributed by atoms with Crippen LogP contribution in [0.1, 0.15) is 37.4 Å². The molecule has 22 heavy (non-hydrogen) atoms. The van der Waals surface area contributed by atoms with Gasteiger partial charge in [-0.05, 0) is 31.7 Å². The summed E-state index contributed by atoms with van der Waals surface area (Å²) in [6.07, 6.45) is 3.54. The van der Waals surface area contributed by atoms with Gasteiger partial charge in [0.2, 0.25) is 0 Å². The highest BCUT2D eigenvalue weighted by Gasteiger charge is 2.61. The van der Waals surface area contributed by atoms with Gasteiger partial charge in [-0.2, -0.15) is 8.78 Å². The molecule has 2 heterocycles. The van der Waals surface area contributed by atoms with Gasteiger partial charge >= 0.3 is 5.92 Å². The second-order valence-corrected chi connectivity index (χ2v) is 5.91. The van der Waals surface area contributed by atoms with Gasteiger partial charge in [0, 0.05) is 24.6 Å². The van der Waals surface area contributed by atoms with E-state index in [0.717, 1.165) is 5.56 Å². The molecule has 1 aliphatic carbocycles. The Morgan fingerprint density at radius 3 is 2.86 bits per heavy atom. The van der Waals surface area contributed by atoms with Crippen molar-refractivity contribution < 1.29 is 23.4 Å². The molecule has 0 spiro atoms. The molecule has 0 unspecified atom stereocenters. The molecule has 1 saturated carbocycles. The Balaban J connectivity index is 1.71. The number of hydrogen-bond donors (Lipinski definition) is 2. The molecule has 0 bridgehead atoms. The predicted octanol–water partition coefficient (Wildman–Crippen LogP) is 1.58. The Hall–Kier alpha value is -1.60. The summed E-state index contributed by atoms with van der Waals surface area (Å²) in [6.45, 7) is 0.375. The van der Waals surface area contributed by atoms with Gasteiger partial charge in [-0.1, -0.05) is 6.07 Å². The van der Waals surface area contributed by atoms with Gasteiger partial charge in [-0.3, -0.25) is 9.78 Å². The lowest BCUT2D eigenvalue weighted by atomic mass is 9.75. The zero-order valence-electron chi connectivity index (χ0n) is 12.0. The van der Waals surface area contributed by atoms with E-state index in [4.69, 9.17) is 4.74 Å². The number of nitrogens with one attached hydrogen (secondary N) is 1. The second kappa shape index (κ2) is 5.55. The zero-order valence-corrected chi connectivity index (χ0v) is 12.0. The first kappa shape index (κ1) is 15.3. The number of rotatable bonds is 4. The van der Waals surface area contributed by atoms with Crippen LogP contribution < -0.4 is 5.32 Å². The average Bonchev–Trinajstić information content (AvgIpc) is 2.93. The summed E-state index contributed by atoms with van der Waals surface area (Å²) in [6, 6.07) is 2.95. The zero-order chi connectivity index (χ0) is 15.8. The molecule has 2 N–H and O–H groups in total. The largest absolute Gasteiger partial charge is 0.383 e. The smallest absolute Gasteiger partial charge is 0.352 e. The summed E-state index contributed by atoms with van der Waals surface area (Å²) in [4.78, 5) is 15.9. The number of aromatic nitrogens is 1. The van der Waals surface area contributed by atoms with E-state index < -0.39 is 29.6 Å². The van der Waals surface area contributed by atoms with Crippen molar-refractivity contribution in [2.24, 2.45) is 0 Å². The minimum Gasteiger partial charge on any atom is -0.383 e. The third kappa shape index (κ3) is 2.48. The molecule has 1 amide bonds. The average molecular weight is 312 g/mol. The number of carbonyl (C=O) groups is 1. The fourth-order valence-corrected chi connectivity index (χ4v) is 2.91. The molecule has 0 radical (unpaired) electrons. The highest BCUT2D eigenvalue weighted by atomic mass is 19.3. The third-order valence-corrected chi connectivity index (χ3v) is 4.47. The Labute approximate surface area is 126 Å². The molecule has 2 aliphatic rings. The highest BCUT2D eigenvalue weighted by molar-refractivity contribution is 5.85. The van der Waals surface area contributed by atoms with Gasteiger partial charge in [0.15, 0.2) is 0 Å². The third-order valence-electron chi connectivity index (χ3n) is 4.47. The van der Waals surface area contributed by atoms with Crippen molar-refractivity contribution in [3.8, 4) is 0 Å². The maximum atomic E-state index is 14.1. The van der Waals surface area contributed by atoms with Gasteiger partial charge in [0.25, 0.3) is 5.91 Å². The van der Waals surface area contributed by atoms with E-state index in [1.165, 1.54) is 0 Å². The highest BCUT2D eigenvalue weighted by Crippen LogP contribution is 2.44. The Bertz CT molecular complexity index is 549. The van der Waals surface area contributed by atoms with Crippen LogP contribution in [0, 0.1) is 0 Å². The maximum Gasteiger partial charge on any atom is 0.352 e. The molecule has 5 nitrogen and oxygen atoms in total. The quantitative estimate of drug-likeness (QED) is 0.885. The number of amides is 1. The van der Waals surface area contributed by atoms with Crippen LogP contribution >= 0.6 is 0 Å². The standard InChI is InChI=1S/C15H18F2N2O3/c16-15(17,14(21)5-2-6-14)13(20)19-11-4-8-22-12(11)10-3-1-7-18-9-10/h1,3,7,9,11-12,21H,2,4-6,8H2,(H,19,20)/t11-,12+/m0/s1. The summed E-state index contributed by atoms with van der Waals surface area (Å²) in [5.74, 6) is -5.22. The van der Waals surface area contributed by atoms with E-state index in [1.807, 2.05) is 0 Å². The van der Waals surface area contributed by atoms with E-state index >= 15 is 0 Å². The lowest BCUT2D eigenvalue weighted by Gasteiger charge is -2.41. The Morgan fingerprint density at radius 2 is 2.27 bits per heavy atom. The molecular formula is C15H18F2N2O3. The number of pyridine rings is 1. The summed E-state index contributed by atoms with van der Waals surface area (Å²) >= 11 is 0.